The number of piperazine rings is 1. The highest BCUT2D eigenvalue weighted by molar-refractivity contribution is 5.38. The molecule has 2 N–H and O–H groups in total. The van der Waals surface area contributed by atoms with E-state index in [0.717, 1.165) is 5.82 Å². The van der Waals surface area contributed by atoms with E-state index >= 15 is 0 Å². The van der Waals surface area contributed by atoms with E-state index in [1.54, 1.807) is 13.1 Å². The smallest absolute Gasteiger partial charge is 0.354 e. The van der Waals surface area contributed by atoms with Crippen LogP contribution in [0.4, 0.5) is 19.0 Å². The first-order valence-electron chi connectivity index (χ1n) is 7.15. The molecule has 1 aliphatic heterocycles. The highest BCUT2D eigenvalue weighted by atomic mass is 19.4. The van der Waals surface area contributed by atoms with Crippen LogP contribution in [-0.2, 0) is 0 Å². The van der Waals surface area contributed by atoms with E-state index in [-0.39, 0.29) is 0 Å². The summed E-state index contributed by atoms with van der Waals surface area (Å²) in [7, 11) is 0. The average Bonchev–Trinajstić information content (AvgIpc) is 2.47. The Morgan fingerprint density at radius 2 is 1.90 bits per heavy atom. The van der Waals surface area contributed by atoms with E-state index in [2.05, 4.69) is 4.98 Å². The molecule has 0 radical (unpaired) electrons. The molecule has 1 fully saturated rings. The Morgan fingerprint density at radius 1 is 1.24 bits per heavy atom. The number of rotatable bonds is 4. The van der Waals surface area contributed by atoms with Gasteiger partial charge in [0, 0.05) is 38.4 Å². The lowest BCUT2D eigenvalue weighted by atomic mass is 10.0. The van der Waals surface area contributed by atoms with Crippen molar-refractivity contribution < 1.29 is 13.2 Å². The number of aromatic nitrogens is 1. The number of nitrogens with zero attached hydrogens (tertiary/aromatic N) is 3. The van der Waals surface area contributed by atoms with Crippen LogP contribution < -0.4 is 10.6 Å². The summed E-state index contributed by atoms with van der Waals surface area (Å²) in [6.07, 6.45) is -2.29. The zero-order chi connectivity index (χ0) is 15.5. The van der Waals surface area contributed by atoms with E-state index in [1.807, 2.05) is 23.1 Å². The van der Waals surface area contributed by atoms with E-state index < -0.39 is 18.3 Å². The first kappa shape index (κ1) is 16.0. The zero-order valence-electron chi connectivity index (χ0n) is 12.1. The fourth-order valence-corrected chi connectivity index (χ4v) is 2.71. The molecule has 0 amide bonds. The molecule has 2 heterocycles. The van der Waals surface area contributed by atoms with Gasteiger partial charge in [-0.1, -0.05) is 13.0 Å². The standard InChI is InChI=1S/C14H21F3N4/c1-2-11(18)13(14(15,16)17)21-9-7-20(8-10-21)12-5-3-4-6-19-12/h3-6,11,13H,2,7-10,18H2,1H3. The van der Waals surface area contributed by atoms with Crippen molar-refractivity contribution in [2.45, 2.75) is 31.6 Å². The first-order chi connectivity index (χ1) is 9.93. The number of anilines is 1. The molecule has 1 aromatic heterocycles. The van der Waals surface area contributed by atoms with Crippen LogP contribution in [-0.4, -0.2) is 54.3 Å². The number of pyridine rings is 1. The summed E-state index contributed by atoms with van der Waals surface area (Å²) in [4.78, 5) is 7.69. The van der Waals surface area contributed by atoms with E-state index in [1.165, 1.54) is 4.90 Å². The van der Waals surface area contributed by atoms with E-state index in [9.17, 15) is 13.2 Å². The molecule has 7 heteroatoms. The minimum absolute atomic E-state index is 0.310. The third kappa shape index (κ3) is 3.85. The highest BCUT2D eigenvalue weighted by Crippen LogP contribution is 2.29. The van der Waals surface area contributed by atoms with Crippen LogP contribution in [0.5, 0.6) is 0 Å². The van der Waals surface area contributed by atoms with Gasteiger partial charge < -0.3 is 10.6 Å². The van der Waals surface area contributed by atoms with Crippen molar-refractivity contribution in [2.75, 3.05) is 31.1 Å². The summed E-state index contributed by atoms with van der Waals surface area (Å²) in [6.45, 7) is 3.43. The SMILES string of the molecule is CCC(N)C(N1CCN(c2ccccn2)CC1)C(F)(F)F. The van der Waals surface area contributed by atoms with Gasteiger partial charge in [0.15, 0.2) is 0 Å². The summed E-state index contributed by atoms with van der Waals surface area (Å²) in [5, 5.41) is 0. The average molecular weight is 302 g/mol. The van der Waals surface area contributed by atoms with Crippen molar-refractivity contribution >= 4 is 5.82 Å². The van der Waals surface area contributed by atoms with Crippen LogP contribution in [0.15, 0.2) is 24.4 Å². The molecule has 118 valence electrons. The summed E-state index contributed by atoms with van der Waals surface area (Å²) in [6, 6.07) is 3.12. The molecule has 1 aromatic rings. The largest absolute Gasteiger partial charge is 0.405 e. The second-order valence-electron chi connectivity index (χ2n) is 5.27. The maximum atomic E-state index is 13.2. The maximum absolute atomic E-state index is 13.2. The van der Waals surface area contributed by atoms with Gasteiger partial charge in [0.1, 0.15) is 11.9 Å². The molecule has 4 nitrogen and oxygen atoms in total. The van der Waals surface area contributed by atoms with Gasteiger partial charge in [0.25, 0.3) is 0 Å². The normalized spacial score (nSPS) is 20.3. The number of hydrogen-bond acceptors (Lipinski definition) is 4. The Bertz CT molecular complexity index is 430. The Balaban J connectivity index is 2.02. The zero-order valence-corrected chi connectivity index (χ0v) is 12.1. The predicted octanol–water partition coefficient (Wildman–Crippen LogP) is 1.87. The fourth-order valence-electron chi connectivity index (χ4n) is 2.71. The van der Waals surface area contributed by atoms with Gasteiger partial charge in [-0.15, -0.1) is 0 Å². The molecule has 0 bridgehead atoms. The molecule has 2 unspecified atom stereocenters. The maximum Gasteiger partial charge on any atom is 0.405 e. The van der Waals surface area contributed by atoms with Gasteiger partial charge in [-0.25, -0.2) is 4.98 Å². The Hall–Kier alpha value is -1.34. The van der Waals surface area contributed by atoms with Gasteiger partial charge >= 0.3 is 6.18 Å². The van der Waals surface area contributed by atoms with Crippen molar-refractivity contribution in [1.29, 1.82) is 0 Å². The topological polar surface area (TPSA) is 45.4 Å². The number of hydrogen-bond donors (Lipinski definition) is 1. The van der Waals surface area contributed by atoms with Crippen LogP contribution in [0.3, 0.4) is 0 Å². The highest BCUT2D eigenvalue weighted by Gasteiger charge is 2.47. The lowest BCUT2D eigenvalue weighted by molar-refractivity contribution is -0.190. The predicted molar refractivity (Wildman–Crippen MR) is 76.1 cm³/mol. The minimum Gasteiger partial charge on any atom is -0.354 e. The number of nitrogens with two attached hydrogens (primary N) is 1. The molecule has 0 aromatic carbocycles. The molecular weight excluding hydrogens is 281 g/mol. The van der Waals surface area contributed by atoms with Crippen molar-refractivity contribution in [1.82, 2.24) is 9.88 Å². The Labute approximate surface area is 122 Å². The quantitative estimate of drug-likeness (QED) is 0.922. The second kappa shape index (κ2) is 6.62. The van der Waals surface area contributed by atoms with E-state index in [4.69, 9.17) is 5.73 Å². The third-order valence-electron chi connectivity index (χ3n) is 3.89. The van der Waals surface area contributed by atoms with Gasteiger partial charge in [0.05, 0.1) is 0 Å². The molecule has 1 aliphatic rings. The van der Waals surface area contributed by atoms with Crippen molar-refractivity contribution in [3.05, 3.63) is 24.4 Å². The molecule has 2 rings (SSSR count). The molecule has 0 saturated carbocycles. The Kier molecular flexibility index (Phi) is 5.05. The van der Waals surface area contributed by atoms with Gasteiger partial charge in [0.2, 0.25) is 0 Å². The van der Waals surface area contributed by atoms with Crippen LogP contribution in [0.1, 0.15) is 13.3 Å². The molecule has 1 saturated heterocycles. The molecule has 2 atom stereocenters. The van der Waals surface area contributed by atoms with Crippen molar-refractivity contribution in [3.8, 4) is 0 Å². The Morgan fingerprint density at radius 3 is 2.38 bits per heavy atom. The molecule has 21 heavy (non-hydrogen) atoms. The monoisotopic (exact) mass is 302 g/mol. The lowest BCUT2D eigenvalue weighted by Crippen LogP contribution is -2.61. The lowest BCUT2D eigenvalue weighted by Gasteiger charge is -2.42. The van der Waals surface area contributed by atoms with Crippen LogP contribution in [0.25, 0.3) is 0 Å². The van der Waals surface area contributed by atoms with Gasteiger partial charge in [-0.3, -0.25) is 4.90 Å². The summed E-state index contributed by atoms with van der Waals surface area (Å²) >= 11 is 0. The van der Waals surface area contributed by atoms with Crippen LogP contribution in [0, 0.1) is 0 Å². The summed E-state index contributed by atoms with van der Waals surface area (Å²) in [5.41, 5.74) is 5.69. The summed E-state index contributed by atoms with van der Waals surface area (Å²) < 4.78 is 39.6. The molecular formula is C14H21F3N4. The number of alkyl halides is 3. The fraction of sp³-hybridized carbons (Fsp3) is 0.643. The van der Waals surface area contributed by atoms with Crippen molar-refractivity contribution in [3.63, 3.8) is 0 Å². The van der Waals surface area contributed by atoms with Crippen LogP contribution in [0.2, 0.25) is 0 Å². The summed E-state index contributed by atoms with van der Waals surface area (Å²) in [5.74, 6) is 0.806. The molecule has 0 spiro atoms. The first-order valence-corrected chi connectivity index (χ1v) is 7.15. The third-order valence-corrected chi connectivity index (χ3v) is 3.89. The number of halogens is 3. The minimum atomic E-state index is -4.29. The van der Waals surface area contributed by atoms with Gasteiger partial charge in [-0.05, 0) is 18.6 Å². The van der Waals surface area contributed by atoms with E-state index in [0.29, 0.717) is 32.6 Å². The van der Waals surface area contributed by atoms with Gasteiger partial charge in [-0.2, -0.15) is 13.2 Å². The second-order valence-corrected chi connectivity index (χ2v) is 5.27. The molecule has 0 aliphatic carbocycles. The van der Waals surface area contributed by atoms with Crippen molar-refractivity contribution in [2.24, 2.45) is 5.73 Å². The van der Waals surface area contributed by atoms with Crippen LogP contribution >= 0.6 is 0 Å².